The van der Waals surface area contributed by atoms with Crippen LogP contribution < -0.4 is 5.32 Å². The third-order valence-electron chi connectivity index (χ3n) is 2.57. The van der Waals surface area contributed by atoms with Crippen LogP contribution in [0.4, 0.5) is 4.39 Å². The Bertz CT molecular complexity index is 486. The summed E-state index contributed by atoms with van der Waals surface area (Å²) in [5, 5.41) is 9.74. The molecule has 0 aliphatic carbocycles. The lowest BCUT2D eigenvalue weighted by atomic mass is 10.1. The third kappa shape index (κ3) is 2.70. The molecule has 0 saturated carbocycles. The van der Waals surface area contributed by atoms with E-state index in [4.69, 9.17) is 0 Å². The summed E-state index contributed by atoms with van der Waals surface area (Å²) in [5.41, 5.74) is 0.890. The number of nitrogens with one attached hydrogen (secondary N) is 2. The molecule has 1 heterocycles. The zero-order valence-corrected chi connectivity index (χ0v) is 10.8. The highest BCUT2D eigenvalue weighted by molar-refractivity contribution is 9.10. The van der Waals surface area contributed by atoms with Gasteiger partial charge in [-0.25, -0.2) is 9.37 Å². The zero-order valence-electron chi connectivity index (χ0n) is 9.24. The van der Waals surface area contributed by atoms with E-state index < -0.39 is 0 Å². The second-order valence-electron chi connectivity index (χ2n) is 3.63. The highest BCUT2D eigenvalue weighted by Crippen LogP contribution is 2.24. The van der Waals surface area contributed by atoms with Crippen molar-refractivity contribution in [3.05, 3.63) is 46.2 Å². The third-order valence-corrected chi connectivity index (χ3v) is 3.46. The minimum Gasteiger partial charge on any atom is -0.310 e. The molecular formula is C11H12BrFN4. The molecule has 2 rings (SSSR count). The van der Waals surface area contributed by atoms with Crippen LogP contribution in [0.3, 0.4) is 0 Å². The topological polar surface area (TPSA) is 53.6 Å². The van der Waals surface area contributed by atoms with Gasteiger partial charge >= 0.3 is 0 Å². The van der Waals surface area contributed by atoms with Crippen LogP contribution in [0, 0.1) is 5.82 Å². The SMILES string of the molecule is CNC(Cc1cccc(F)c1Br)c1ncn[nH]1. The van der Waals surface area contributed by atoms with Gasteiger partial charge in [-0.2, -0.15) is 5.10 Å². The Labute approximate surface area is 107 Å². The van der Waals surface area contributed by atoms with E-state index in [1.807, 2.05) is 13.1 Å². The van der Waals surface area contributed by atoms with Crippen molar-refractivity contribution in [1.82, 2.24) is 20.5 Å². The van der Waals surface area contributed by atoms with Gasteiger partial charge in [0, 0.05) is 0 Å². The summed E-state index contributed by atoms with van der Waals surface area (Å²) in [6.07, 6.45) is 2.09. The number of likely N-dealkylation sites (N-methyl/N-ethyl adjacent to an activating group) is 1. The molecule has 0 fully saturated rings. The smallest absolute Gasteiger partial charge is 0.141 e. The first-order valence-electron chi connectivity index (χ1n) is 5.17. The van der Waals surface area contributed by atoms with E-state index in [2.05, 4.69) is 36.4 Å². The maximum atomic E-state index is 13.4. The van der Waals surface area contributed by atoms with Crippen LogP contribution in [-0.4, -0.2) is 22.2 Å². The lowest BCUT2D eigenvalue weighted by molar-refractivity contribution is 0.553. The number of H-pyrrole nitrogens is 1. The highest BCUT2D eigenvalue weighted by atomic mass is 79.9. The fraction of sp³-hybridized carbons (Fsp3) is 0.273. The van der Waals surface area contributed by atoms with Crippen LogP contribution in [0.2, 0.25) is 0 Å². The van der Waals surface area contributed by atoms with Crippen LogP contribution in [0.5, 0.6) is 0 Å². The van der Waals surface area contributed by atoms with Crippen molar-refractivity contribution in [1.29, 1.82) is 0 Å². The molecule has 0 amide bonds. The first kappa shape index (κ1) is 12.2. The Kier molecular flexibility index (Phi) is 3.86. The number of halogens is 2. The minimum atomic E-state index is -0.255. The van der Waals surface area contributed by atoms with Gasteiger partial charge in [-0.1, -0.05) is 12.1 Å². The average Bonchev–Trinajstić information content (AvgIpc) is 2.85. The van der Waals surface area contributed by atoms with Gasteiger partial charge in [-0.15, -0.1) is 0 Å². The maximum Gasteiger partial charge on any atom is 0.141 e. The predicted molar refractivity (Wildman–Crippen MR) is 66.0 cm³/mol. The van der Waals surface area contributed by atoms with E-state index >= 15 is 0 Å². The van der Waals surface area contributed by atoms with Gasteiger partial charge in [0.1, 0.15) is 18.0 Å². The van der Waals surface area contributed by atoms with Gasteiger partial charge in [-0.3, -0.25) is 5.10 Å². The summed E-state index contributed by atoms with van der Waals surface area (Å²) in [6.45, 7) is 0. The van der Waals surface area contributed by atoms with Crippen molar-refractivity contribution >= 4 is 15.9 Å². The largest absolute Gasteiger partial charge is 0.310 e. The Hall–Kier alpha value is -1.27. The molecule has 1 aromatic heterocycles. The molecule has 17 heavy (non-hydrogen) atoms. The molecule has 0 spiro atoms. The number of nitrogens with zero attached hydrogens (tertiary/aromatic N) is 2. The molecule has 1 aromatic carbocycles. The van der Waals surface area contributed by atoms with Crippen molar-refractivity contribution in [3.8, 4) is 0 Å². The van der Waals surface area contributed by atoms with Gasteiger partial charge in [0.2, 0.25) is 0 Å². The molecule has 0 bridgehead atoms. The molecule has 2 N–H and O–H groups in total. The van der Waals surface area contributed by atoms with Crippen molar-refractivity contribution in [3.63, 3.8) is 0 Å². The van der Waals surface area contributed by atoms with Gasteiger partial charge in [-0.05, 0) is 41.0 Å². The molecule has 0 aliphatic heterocycles. The summed E-state index contributed by atoms with van der Waals surface area (Å²) in [6, 6.07) is 4.99. The normalized spacial score (nSPS) is 12.6. The summed E-state index contributed by atoms with van der Waals surface area (Å²) in [4.78, 5) is 4.10. The summed E-state index contributed by atoms with van der Waals surface area (Å²) in [7, 11) is 1.83. The lowest BCUT2D eigenvalue weighted by Crippen LogP contribution is -2.20. The maximum absolute atomic E-state index is 13.4. The number of hydrogen-bond donors (Lipinski definition) is 2. The molecule has 2 aromatic rings. The minimum absolute atomic E-state index is 0.0180. The Morgan fingerprint density at radius 1 is 1.53 bits per heavy atom. The molecule has 4 nitrogen and oxygen atoms in total. The number of benzene rings is 1. The van der Waals surface area contributed by atoms with Crippen LogP contribution in [0.1, 0.15) is 17.4 Å². The van der Waals surface area contributed by atoms with E-state index in [-0.39, 0.29) is 11.9 Å². The summed E-state index contributed by atoms with van der Waals surface area (Å²) in [5.74, 6) is 0.485. The monoisotopic (exact) mass is 298 g/mol. The molecule has 0 saturated heterocycles. The second kappa shape index (κ2) is 5.37. The quantitative estimate of drug-likeness (QED) is 0.910. The first-order valence-corrected chi connectivity index (χ1v) is 5.97. The number of aromatic amines is 1. The van der Waals surface area contributed by atoms with Gasteiger partial charge in [0.15, 0.2) is 0 Å². The fourth-order valence-electron chi connectivity index (χ4n) is 1.64. The van der Waals surface area contributed by atoms with Crippen LogP contribution in [0.15, 0.2) is 29.0 Å². The molecule has 0 aliphatic rings. The zero-order chi connectivity index (χ0) is 12.3. The molecule has 1 atom stereocenters. The van der Waals surface area contributed by atoms with Crippen LogP contribution in [0.25, 0.3) is 0 Å². The number of hydrogen-bond acceptors (Lipinski definition) is 3. The van der Waals surface area contributed by atoms with E-state index in [0.717, 1.165) is 11.4 Å². The fourth-order valence-corrected chi connectivity index (χ4v) is 2.07. The van der Waals surface area contributed by atoms with E-state index in [9.17, 15) is 4.39 Å². The molecule has 90 valence electrons. The highest BCUT2D eigenvalue weighted by Gasteiger charge is 2.15. The van der Waals surface area contributed by atoms with Crippen LogP contribution in [-0.2, 0) is 6.42 Å². The van der Waals surface area contributed by atoms with Gasteiger partial charge in [0.05, 0.1) is 10.5 Å². The van der Waals surface area contributed by atoms with E-state index in [1.165, 1.54) is 12.4 Å². The molecule has 6 heteroatoms. The van der Waals surface area contributed by atoms with Crippen molar-refractivity contribution in [2.75, 3.05) is 7.05 Å². The van der Waals surface area contributed by atoms with E-state index in [0.29, 0.717) is 10.9 Å². The Morgan fingerprint density at radius 3 is 3.00 bits per heavy atom. The molecule has 1 unspecified atom stereocenters. The molecule has 0 radical (unpaired) electrons. The lowest BCUT2D eigenvalue weighted by Gasteiger charge is -2.14. The second-order valence-corrected chi connectivity index (χ2v) is 4.42. The van der Waals surface area contributed by atoms with Gasteiger partial charge in [0.25, 0.3) is 0 Å². The van der Waals surface area contributed by atoms with Crippen molar-refractivity contribution in [2.24, 2.45) is 0 Å². The summed E-state index contributed by atoms with van der Waals surface area (Å²) < 4.78 is 13.9. The van der Waals surface area contributed by atoms with E-state index in [1.54, 1.807) is 6.07 Å². The number of rotatable bonds is 4. The average molecular weight is 299 g/mol. The summed E-state index contributed by atoms with van der Waals surface area (Å²) >= 11 is 3.25. The predicted octanol–water partition coefficient (Wildman–Crippen LogP) is 2.21. The van der Waals surface area contributed by atoms with Crippen molar-refractivity contribution < 1.29 is 4.39 Å². The Morgan fingerprint density at radius 2 is 2.35 bits per heavy atom. The van der Waals surface area contributed by atoms with Crippen molar-refractivity contribution in [2.45, 2.75) is 12.5 Å². The molecular weight excluding hydrogens is 287 g/mol. The van der Waals surface area contributed by atoms with Crippen LogP contribution >= 0.6 is 15.9 Å². The Balaban J connectivity index is 2.22. The number of aromatic nitrogens is 3. The first-order chi connectivity index (χ1) is 8.22. The standard InChI is InChI=1S/C11H12BrFN4/c1-14-9(11-15-6-16-17-11)5-7-3-2-4-8(13)10(7)12/h2-4,6,9,14H,5H2,1H3,(H,15,16,17). The van der Waals surface area contributed by atoms with Gasteiger partial charge < -0.3 is 5.32 Å².